The largest absolute Gasteiger partial charge is 0.481 e. The van der Waals surface area contributed by atoms with Gasteiger partial charge in [-0.1, -0.05) is 29.3 Å². The lowest BCUT2D eigenvalue weighted by molar-refractivity contribution is -0.143. The maximum absolute atomic E-state index is 11.4. The van der Waals surface area contributed by atoms with Gasteiger partial charge in [-0.25, -0.2) is 0 Å². The molecule has 1 atom stereocenters. The molecule has 0 bridgehead atoms. The van der Waals surface area contributed by atoms with Gasteiger partial charge in [-0.3, -0.25) is 4.79 Å². The van der Waals surface area contributed by atoms with E-state index in [0.717, 1.165) is 0 Å². The van der Waals surface area contributed by atoms with Gasteiger partial charge in [0, 0.05) is 16.5 Å². The van der Waals surface area contributed by atoms with Crippen LogP contribution in [-0.2, 0) is 10.2 Å². The topological polar surface area (TPSA) is 61.1 Å². The average molecular weight is 272 g/mol. The lowest BCUT2D eigenvalue weighted by atomic mass is 9.78. The SMILES string of the molecule is CC(CCC#N)(C(=O)O)c1ccc(Cl)cc1Cl. The predicted molar refractivity (Wildman–Crippen MR) is 66.3 cm³/mol. The summed E-state index contributed by atoms with van der Waals surface area (Å²) in [6.45, 7) is 1.56. The number of halogens is 2. The highest BCUT2D eigenvalue weighted by Gasteiger charge is 2.36. The molecule has 0 fully saturated rings. The van der Waals surface area contributed by atoms with Gasteiger partial charge in [-0.05, 0) is 31.0 Å². The van der Waals surface area contributed by atoms with Gasteiger partial charge in [0.15, 0.2) is 0 Å². The Kier molecular flexibility index (Phi) is 4.39. The summed E-state index contributed by atoms with van der Waals surface area (Å²) >= 11 is 11.8. The maximum atomic E-state index is 11.4. The quantitative estimate of drug-likeness (QED) is 0.910. The Bertz CT molecular complexity index is 482. The molecule has 0 amide bonds. The Morgan fingerprint density at radius 2 is 2.18 bits per heavy atom. The molecule has 0 radical (unpaired) electrons. The van der Waals surface area contributed by atoms with Crippen molar-refractivity contribution in [1.29, 1.82) is 5.26 Å². The molecule has 17 heavy (non-hydrogen) atoms. The Balaban J connectivity index is 3.23. The number of nitrogens with zero attached hydrogens (tertiary/aromatic N) is 1. The molecule has 0 aliphatic heterocycles. The van der Waals surface area contributed by atoms with Crippen LogP contribution in [0.4, 0.5) is 0 Å². The van der Waals surface area contributed by atoms with Crippen molar-refractivity contribution in [3.05, 3.63) is 33.8 Å². The summed E-state index contributed by atoms with van der Waals surface area (Å²) in [4.78, 5) is 11.4. The van der Waals surface area contributed by atoms with Crippen LogP contribution in [0.15, 0.2) is 18.2 Å². The number of carbonyl (C=O) groups is 1. The van der Waals surface area contributed by atoms with Crippen molar-refractivity contribution < 1.29 is 9.90 Å². The molecule has 1 rings (SSSR count). The van der Waals surface area contributed by atoms with E-state index in [1.54, 1.807) is 19.1 Å². The van der Waals surface area contributed by atoms with Gasteiger partial charge in [-0.2, -0.15) is 5.26 Å². The van der Waals surface area contributed by atoms with Crippen molar-refractivity contribution in [2.75, 3.05) is 0 Å². The van der Waals surface area contributed by atoms with Gasteiger partial charge in [0.1, 0.15) is 0 Å². The molecular weight excluding hydrogens is 261 g/mol. The van der Waals surface area contributed by atoms with E-state index >= 15 is 0 Å². The molecule has 0 aliphatic rings. The summed E-state index contributed by atoms with van der Waals surface area (Å²) < 4.78 is 0. The van der Waals surface area contributed by atoms with Gasteiger partial charge < -0.3 is 5.11 Å². The summed E-state index contributed by atoms with van der Waals surface area (Å²) in [7, 11) is 0. The molecule has 0 saturated carbocycles. The van der Waals surface area contributed by atoms with Crippen LogP contribution < -0.4 is 0 Å². The van der Waals surface area contributed by atoms with E-state index in [1.165, 1.54) is 6.07 Å². The number of carboxylic acids is 1. The molecule has 3 nitrogen and oxygen atoms in total. The minimum Gasteiger partial charge on any atom is -0.481 e. The Morgan fingerprint density at radius 1 is 1.53 bits per heavy atom. The normalized spacial score (nSPS) is 13.8. The van der Waals surface area contributed by atoms with Crippen LogP contribution in [0, 0.1) is 11.3 Å². The minimum atomic E-state index is -1.17. The first-order chi connectivity index (χ1) is 7.91. The molecule has 0 heterocycles. The minimum absolute atomic E-state index is 0.155. The summed E-state index contributed by atoms with van der Waals surface area (Å²) in [6.07, 6.45) is 0.363. The second-order valence-electron chi connectivity index (χ2n) is 3.92. The second kappa shape index (κ2) is 5.39. The van der Waals surface area contributed by atoms with Crippen molar-refractivity contribution in [1.82, 2.24) is 0 Å². The summed E-state index contributed by atoms with van der Waals surface area (Å²) in [5, 5.41) is 18.6. The standard InChI is InChI=1S/C12H11Cl2NO2/c1-12(11(16)17,5-2-6-15)9-4-3-8(13)7-10(9)14/h3-4,7H,2,5H2,1H3,(H,16,17). The molecule has 0 spiro atoms. The van der Waals surface area contributed by atoms with Crippen LogP contribution in [0.25, 0.3) is 0 Å². The fraction of sp³-hybridized carbons (Fsp3) is 0.333. The van der Waals surface area contributed by atoms with Gasteiger partial charge in [0.05, 0.1) is 11.5 Å². The molecule has 90 valence electrons. The zero-order chi connectivity index (χ0) is 13.1. The molecule has 0 aliphatic carbocycles. The van der Waals surface area contributed by atoms with Gasteiger partial charge in [0.2, 0.25) is 0 Å². The second-order valence-corrected chi connectivity index (χ2v) is 4.76. The van der Waals surface area contributed by atoms with Crippen LogP contribution in [0.3, 0.4) is 0 Å². The van der Waals surface area contributed by atoms with E-state index in [9.17, 15) is 9.90 Å². The first-order valence-corrected chi connectivity index (χ1v) is 5.73. The first-order valence-electron chi connectivity index (χ1n) is 4.97. The molecule has 5 heteroatoms. The van der Waals surface area contributed by atoms with E-state index in [0.29, 0.717) is 15.6 Å². The zero-order valence-electron chi connectivity index (χ0n) is 9.20. The summed E-state index contributed by atoms with van der Waals surface area (Å²) in [5.74, 6) is -1.00. The van der Waals surface area contributed by atoms with Crippen molar-refractivity contribution in [2.24, 2.45) is 0 Å². The van der Waals surface area contributed by atoms with Crippen LogP contribution in [0.1, 0.15) is 25.3 Å². The molecule has 0 aromatic heterocycles. The van der Waals surface area contributed by atoms with Crippen molar-refractivity contribution in [2.45, 2.75) is 25.2 Å². The predicted octanol–water partition coefficient (Wildman–Crippen LogP) is 3.64. The number of benzene rings is 1. The fourth-order valence-electron chi connectivity index (χ4n) is 1.60. The fourth-order valence-corrected chi connectivity index (χ4v) is 2.22. The highest BCUT2D eigenvalue weighted by Crippen LogP contribution is 2.35. The number of carboxylic acid groups (broad SMARTS) is 1. The number of hydrogen-bond donors (Lipinski definition) is 1. The van der Waals surface area contributed by atoms with Gasteiger partial charge in [-0.15, -0.1) is 0 Å². The molecule has 1 aromatic carbocycles. The lowest BCUT2D eigenvalue weighted by Crippen LogP contribution is -2.32. The Labute approximate surface area is 110 Å². The van der Waals surface area contributed by atoms with Crippen molar-refractivity contribution in [3.8, 4) is 6.07 Å². The third kappa shape index (κ3) is 2.91. The molecule has 1 N–H and O–H groups in total. The lowest BCUT2D eigenvalue weighted by Gasteiger charge is -2.25. The van der Waals surface area contributed by atoms with Crippen molar-refractivity contribution >= 4 is 29.2 Å². The first kappa shape index (κ1) is 13.8. The number of hydrogen-bond acceptors (Lipinski definition) is 2. The highest BCUT2D eigenvalue weighted by molar-refractivity contribution is 6.35. The third-order valence-electron chi connectivity index (χ3n) is 2.73. The Morgan fingerprint density at radius 3 is 2.65 bits per heavy atom. The van der Waals surface area contributed by atoms with Gasteiger partial charge >= 0.3 is 5.97 Å². The monoisotopic (exact) mass is 271 g/mol. The molecule has 0 saturated heterocycles. The maximum Gasteiger partial charge on any atom is 0.313 e. The number of aliphatic carboxylic acids is 1. The molecule has 1 aromatic rings. The van der Waals surface area contributed by atoms with E-state index in [4.69, 9.17) is 28.5 Å². The molecule has 1 unspecified atom stereocenters. The molecular formula is C12H11Cl2NO2. The number of rotatable bonds is 4. The van der Waals surface area contributed by atoms with Crippen LogP contribution in [0.2, 0.25) is 10.0 Å². The zero-order valence-corrected chi connectivity index (χ0v) is 10.7. The van der Waals surface area contributed by atoms with E-state index < -0.39 is 11.4 Å². The third-order valence-corrected chi connectivity index (χ3v) is 3.28. The smallest absolute Gasteiger partial charge is 0.313 e. The van der Waals surface area contributed by atoms with E-state index in [-0.39, 0.29) is 12.8 Å². The summed E-state index contributed by atoms with van der Waals surface area (Å²) in [6, 6.07) is 6.64. The van der Waals surface area contributed by atoms with Crippen LogP contribution in [-0.4, -0.2) is 11.1 Å². The average Bonchev–Trinajstić information content (AvgIpc) is 2.25. The van der Waals surface area contributed by atoms with Crippen LogP contribution in [0.5, 0.6) is 0 Å². The van der Waals surface area contributed by atoms with E-state index in [2.05, 4.69) is 0 Å². The summed E-state index contributed by atoms with van der Waals surface area (Å²) in [5.41, 5.74) is -0.691. The van der Waals surface area contributed by atoms with E-state index in [1.807, 2.05) is 6.07 Å². The highest BCUT2D eigenvalue weighted by atomic mass is 35.5. The Hall–Kier alpha value is -1.24. The van der Waals surface area contributed by atoms with Crippen molar-refractivity contribution in [3.63, 3.8) is 0 Å². The number of nitriles is 1. The van der Waals surface area contributed by atoms with Gasteiger partial charge in [0.25, 0.3) is 0 Å². The van der Waals surface area contributed by atoms with Crippen LogP contribution >= 0.6 is 23.2 Å².